The molecular weight excluding hydrogens is 230 g/mol. The van der Waals surface area contributed by atoms with E-state index in [2.05, 4.69) is 33.1 Å². The largest absolute Gasteiger partial charge is 0.480 e. The fraction of sp³-hybridized carbons (Fsp3) is 0.923. The number of quaternary nitrogens is 1. The summed E-state index contributed by atoms with van der Waals surface area (Å²) >= 11 is 0. The summed E-state index contributed by atoms with van der Waals surface area (Å²) in [7, 11) is 8.72. The van der Waals surface area contributed by atoms with Crippen molar-refractivity contribution in [2.75, 3.05) is 47.8 Å². The third kappa shape index (κ3) is 10.5. The lowest BCUT2D eigenvalue weighted by Crippen LogP contribution is -2.37. The van der Waals surface area contributed by atoms with Gasteiger partial charge in [-0.15, -0.1) is 0 Å². The predicted octanol–water partition coefficient (Wildman–Crippen LogP) is 0.597. The highest BCUT2D eigenvalue weighted by atomic mass is 16.4. The van der Waals surface area contributed by atoms with Gasteiger partial charge in [-0.2, -0.15) is 0 Å². The van der Waals surface area contributed by atoms with Crippen molar-refractivity contribution in [1.29, 1.82) is 0 Å². The minimum atomic E-state index is -0.897. The third-order valence-corrected chi connectivity index (χ3v) is 2.99. The average Bonchev–Trinajstić information content (AvgIpc) is 2.22. The van der Waals surface area contributed by atoms with Crippen LogP contribution in [-0.4, -0.2) is 74.3 Å². The minimum Gasteiger partial charge on any atom is -0.480 e. The van der Waals surface area contributed by atoms with E-state index in [1.807, 2.05) is 0 Å². The number of nitrogens with two attached hydrogens (primary N) is 1. The fourth-order valence-electron chi connectivity index (χ4n) is 1.80. The normalized spacial score (nSPS) is 13.9. The Balaban J connectivity index is 3.48. The molecule has 18 heavy (non-hydrogen) atoms. The molecule has 0 aromatic heterocycles. The lowest BCUT2D eigenvalue weighted by molar-refractivity contribution is -0.870. The molecule has 0 saturated heterocycles. The maximum absolute atomic E-state index is 10.5. The van der Waals surface area contributed by atoms with Crippen molar-refractivity contribution in [1.82, 2.24) is 4.90 Å². The maximum Gasteiger partial charge on any atom is 0.320 e. The number of hydrogen-bond donors (Lipinski definition) is 2. The van der Waals surface area contributed by atoms with E-state index in [9.17, 15) is 4.79 Å². The Bertz CT molecular complexity index is 239. The topological polar surface area (TPSA) is 66.6 Å². The van der Waals surface area contributed by atoms with Crippen molar-refractivity contribution in [3.63, 3.8) is 0 Å². The molecule has 0 aliphatic heterocycles. The highest BCUT2D eigenvalue weighted by Gasteiger charge is 2.11. The van der Waals surface area contributed by atoms with Crippen molar-refractivity contribution in [2.45, 2.75) is 31.7 Å². The van der Waals surface area contributed by atoms with Gasteiger partial charge in [-0.3, -0.25) is 4.79 Å². The zero-order valence-electron chi connectivity index (χ0n) is 12.4. The summed E-state index contributed by atoms with van der Waals surface area (Å²) in [5, 5.41) is 8.65. The molecule has 1 unspecified atom stereocenters. The van der Waals surface area contributed by atoms with E-state index in [1.54, 1.807) is 0 Å². The molecule has 0 aromatic carbocycles. The number of unbranched alkanes of at least 4 members (excludes halogenated alkanes) is 1. The fourth-order valence-corrected chi connectivity index (χ4v) is 1.80. The van der Waals surface area contributed by atoms with E-state index in [0.717, 1.165) is 30.4 Å². The van der Waals surface area contributed by atoms with E-state index >= 15 is 0 Å². The Kier molecular flexibility index (Phi) is 8.15. The highest BCUT2D eigenvalue weighted by molar-refractivity contribution is 5.72. The van der Waals surface area contributed by atoms with Gasteiger partial charge in [0.05, 0.1) is 27.7 Å². The lowest BCUT2D eigenvalue weighted by atomic mass is 10.1. The number of carboxylic acids is 1. The van der Waals surface area contributed by atoms with Gasteiger partial charge < -0.3 is 20.2 Å². The van der Waals surface area contributed by atoms with Crippen LogP contribution in [0.4, 0.5) is 0 Å². The third-order valence-electron chi connectivity index (χ3n) is 2.99. The first kappa shape index (κ1) is 17.4. The van der Waals surface area contributed by atoms with Crippen LogP contribution >= 0.6 is 0 Å². The number of nitrogens with zero attached hydrogens (tertiary/aromatic N) is 2. The van der Waals surface area contributed by atoms with Gasteiger partial charge in [0.2, 0.25) is 0 Å². The van der Waals surface area contributed by atoms with Gasteiger partial charge >= 0.3 is 5.97 Å². The molecule has 0 aromatic rings. The number of rotatable bonds is 10. The zero-order valence-corrected chi connectivity index (χ0v) is 12.4. The molecule has 108 valence electrons. The predicted molar refractivity (Wildman–Crippen MR) is 74.5 cm³/mol. The van der Waals surface area contributed by atoms with Crippen LogP contribution in [0.15, 0.2) is 0 Å². The summed E-state index contributed by atoms with van der Waals surface area (Å²) in [5.41, 5.74) is 5.45. The van der Waals surface area contributed by atoms with E-state index in [-0.39, 0.29) is 0 Å². The molecule has 0 amide bonds. The molecule has 5 nitrogen and oxygen atoms in total. The van der Waals surface area contributed by atoms with Gasteiger partial charge in [0, 0.05) is 13.0 Å². The number of aliphatic carboxylic acids is 1. The average molecular weight is 260 g/mol. The first-order valence-corrected chi connectivity index (χ1v) is 6.70. The second kappa shape index (κ2) is 8.45. The Labute approximate surface area is 111 Å². The number of carboxylic acid groups (broad SMARTS) is 1. The molecule has 0 aliphatic carbocycles. The van der Waals surface area contributed by atoms with Crippen LogP contribution in [-0.2, 0) is 4.79 Å². The van der Waals surface area contributed by atoms with Crippen molar-refractivity contribution in [3.05, 3.63) is 0 Å². The summed E-state index contributed by atoms with van der Waals surface area (Å²) in [4.78, 5) is 12.8. The Morgan fingerprint density at radius 2 is 1.78 bits per heavy atom. The Hall–Kier alpha value is -0.650. The van der Waals surface area contributed by atoms with Gasteiger partial charge in [0.1, 0.15) is 6.04 Å². The van der Waals surface area contributed by atoms with Crippen LogP contribution in [0, 0.1) is 0 Å². The molecule has 0 aliphatic rings. The van der Waals surface area contributed by atoms with Crippen LogP contribution in [0.3, 0.4) is 0 Å². The van der Waals surface area contributed by atoms with E-state index in [4.69, 9.17) is 10.8 Å². The summed E-state index contributed by atoms with van der Waals surface area (Å²) in [6.45, 7) is 3.29. The molecule has 0 bridgehead atoms. The molecule has 0 saturated carbocycles. The van der Waals surface area contributed by atoms with Gasteiger partial charge in [-0.25, -0.2) is 0 Å². The van der Waals surface area contributed by atoms with Crippen LogP contribution in [0.5, 0.6) is 0 Å². The molecule has 0 spiro atoms. The van der Waals surface area contributed by atoms with Gasteiger partial charge in [0.15, 0.2) is 0 Å². The Morgan fingerprint density at radius 3 is 2.28 bits per heavy atom. The molecule has 3 N–H and O–H groups in total. The molecule has 1 atom stereocenters. The van der Waals surface area contributed by atoms with Crippen molar-refractivity contribution < 1.29 is 14.4 Å². The van der Waals surface area contributed by atoms with Gasteiger partial charge in [0.25, 0.3) is 0 Å². The van der Waals surface area contributed by atoms with Crippen LogP contribution in [0.1, 0.15) is 25.7 Å². The molecule has 0 rings (SSSR count). The zero-order chi connectivity index (χ0) is 14.2. The van der Waals surface area contributed by atoms with E-state index in [0.29, 0.717) is 6.42 Å². The van der Waals surface area contributed by atoms with Crippen molar-refractivity contribution >= 4 is 5.97 Å². The first-order valence-electron chi connectivity index (χ1n) is 6.70. The minimum absolute atomic E-state index is 0.571. The van der Waals surface area contributed by atoms with Crippen LogP contribution in [0.2, 0.25) is 0 Å². The summed E-state index contributed by atoms with van der Waals surface area (Å²) < 4.78 is 1.00. The monoisotopic (exact) mass is 260 g/mol. The second-order valence-corrected chi connectivity index (χ2v) is 6.11. The highest BCUT2D eigenvalue weighted by Crippen LogP contribution is 2.02. The molecule has 0 heterocycles. The Morgan fingerprint density at radius 1 is 1.22 bits per heavy atom. The van der Waals surface area contributed by atoms with E-state index in [1.165, 1.54) is 13.0 Å². The van der Waals surface area contributed by atoms with Gasteiger partial charge in [-0.05, 0) is 26.4 Å². The van der Waals surface area contributed by atoms with Crippen molar-refractivity contribution in [2.24, 2.45) is 5.73 Å². The standard InChI is InChI=1S/C13H29N3O2/c1-15(10-7-11-16(2,3)4)9-6-5-8-12(14)13(17)18/h12H,5-11,14H2,1-4H3/p+1. The van der Waals surface area contributed by atoms with Crippen LogP contribution in [0.25, 0.3) is 0 Å². The van der Waals surface area contributed by atoms with Crippen molar-refractivity contribution in [3.8, 4) is 0 Å². The smallest absolute Gasteiger partial charge is 0.320 e. The van der Waals surface area contributed by atoms with E-state index < -0.39 is 12.0 Å². The molecular formula is C13H30N3O2+. The number of carbonyl (C=O) groups is 1. The summed E-state index contributed by atoms with van der Waals surface area (Å²) in [6.07, 6.45) is 3.66. The first-order chi connectivity index (χ1) is 8.22. The summed E-state index contributed by atoms with van der Waals surface area (Å²) in [6, 6.07) is -0.700. The lowest BCUT2D eigenvalue weighted by Gasteiger charge is -2.25. The second-order valence-electron chi connectivity index (χ2n) is 6.11. The molecule has 0 radical (unpaired) electrons. The molecule has 0 fully saturated rings. The molecule has 5 heteroatoms. The van der Waals surface area contributed by atoms with Crippen LogP contribution < -0.4 is 5.73 Å². The van der Waals surface area contributed by atoms with Gasteiger partial charge in [-0.1, -0.05) is 6.42 Å². The maximum atomic E-state index is 10.5. The number of hydrogen-bond acceptors (Lipinski definition) is 3. The summed E-state index contributed by atoms with van der Waals surface area (Å²) in [5.74, 6) is -0.897. The SMILES string of the molecule is CN(CCCCC(N)C(=O)O)CCC[N+](C)(C)C. The quantitative estimate of drug-likeness (QED) is 0.446.